The molecular formula is C18H15BrCl2N2O. The van der Waals surface area contributed by atoms with E-state index in [-0.39, 0.29) is 5.41 Å². The Hall–Kier alpha value is -1.36. The Bertz CT molecular complexity index is 883. The summed E-state index contributed by atoms with van der Waals surface area (Å²) in [5, 5.41) is 9.22. The van der Waals surface area contributed by atoms with Gasteiger partial charge in [-0.2, -0.15) is 0 Å². The molecule has 3 aromatic rings. The highest BCUT2D eigenvalue weighted by molar-refractivity contribution is 9.10. The highest BCUT2D eigenvalue weighted by atomic mass is 79.9. The molecule has 1 aromatic heterocycles. The first-order valence-corrected chi connectivity index (χ1v) is 8.90. The van der Waals surface area contributed by atoms with Gasteiger partial charge in [0.1, 0.15) is 0 Å². The molecule has 0 radical (unpaired) electrons. The summed E-state index contributed by atoms with van der Waals surface area (Å²) in [5.41, 5.74) is 2.16. The second kappa shape index (κ2) is 6.51. The van der Waals surface area contributed by atoms with Crippen LogP contribution in [0.3, 0.4) is 0 Å². The summed E-state index contributed by atoms with van der Waals surface area (Å²) >= 11 is 16.4. The molecule has 0 atom stereocenters. The molecule has 3 nitrogen and oxygen atoms in total. The second-order valence-corrected chi connectivity index (χ2v) is 8.15. The van der Waals surface area contributed by atoms with Crippen LogP contribution in [0.1, 0.15) is 26.7 Å². The molecule has 0 saturated heterocycles. The lowest BCUT2D eigenvalue weighted by atomic mass is 9.97. The van der Waals surface area contributed by atoms with E-state index in [1.165, 1.54) is 0 Å². The lowest BCUT2D eigenvalue weighted by Crippen LogP contribution is -2.11. The van der Waals surface area contributed by atoms with Gasteiger partial charge in [-0.25, -0.2) is 0 Å². The summed E-state index contributed by atoms with van der Waals surface area (Å²) in [6.07, 6.45) is 0. The molecule has 0 fully saturated rings. The predicted molar refractivity (Wildman–Crippen MR) is 102 cm³/mol. The summed E-state index contributed by atoms with van der Waals surface area (Å²) in [6, 6.07) is 11.6. The summed E-state index contributed by atoms with van der Waals surface area (Å²) in [7, 11) is 0. The Morgan fingerprint density at radius 1 is 0.958 bits per heavy atom. The number of halogens is 3. The highest BCUT2D eigenvalue weighted by Gasteiger charge is 2.24. The van der Waals surface area contributed by atoms with Gasteiger partial charge in [0.25, 0.3) is 5.89 Å². The van der Waals surface area contributed by atoms with Crippen LogP contribution in [0.4, 0.5) is 0 Å². The molecule has 0 saturated carbocycles. The van der Waals surface area contributed by atoms with Crippen LogP contribution in [0.2, 0.25) is 10.0 Å². The Kier molecular flexibility index (Phi) is 4.73. The Labute approximate surface area is 159 Å². The van der Waals surface area contributed by atoms with Crippen molar-refractivity contribution >= 4 is 39.1 Å². The van der Waals surface area contributed by atoms with E-state index >= 15 is 0 Å². The number of nitrogens with zero attached hydrogens (tertiary/aromatic N) is 2. The van der Waals surface area contributed by atoms with E-state index in [0.717, 1.165) is 15.6 Å². The topological polar surface area (TPSA) is 38.9 Å². The van der Waals surface area contributed by atoms with Crippen molar-refractivity contribution in [1.29, 1.82) is 0 Å². The first kappa shape index (κ1) is 17.5. The molecular weight excluding hydrogens is 411 g/mol. The molecule has 0 bridgehead atoms. The molecule has 0 aliphatic heterocycles. The van der Waals surface area contributed by atoms with Crippen LogP contribution in [-0.4, -0.2) is 10.2 Å². The fraction of sp³-hybridized carbons (Fsp3) is 0.222. The average Bonchev–Trinajstić information content (AvgIpc) is 2.98. The minimum Gasteiger partial charge on any atom is -0.420 e. The summed E-state index contributed by atoms with van der Waals surface area (Å²) in [6.45, 7) is 6.02. The SMILES string of the molecule is CC(C)(C)c1nnc(-c2c(Cl)ccc(-c3ccc(Br)cc3)c2Cl)o1. The molecule has 0 spiro atoms. The van der Waals surface area contributed by atoms with Gasteiger partial charge in [0.05, 0.1) is 15.6 Å². The number of benzene rings is 2. The Balaban J connectivity index is 2.13. The van der Waals surface area contributed by atoms with Gasteiger partial charge in [0, 0.05) is 15.5 Å². The van der Waals surface area contributed by atoms with Gasteiger partial charge in [-0.1, -0.05) is 78.1 Å². The van der Waals surface area contributed by atoms with Crippen LogP contribution in [-0.2, 0) is 5.41 Å². The van der Waals surface area contributed by atoms with E-state index in [4.69, 9.17) is 27.6 Å². The van der Waals surface area contributed by atoms with Gasteiger partial charge in [0.2, 0.25) is 5.89 Å². The Morgan fingerprint density at radius 3 is 2.21 bits per heavy atom. The van der Waals surface area contributed by atoms with Crippen molar-refractivity contribution in [3.63, 3.8) is 0 Å². The van der Waals surface area contributed by atoms with Crippen molar-refractivity contribution in [2.75, 3.05) is 0 Å². The zero-order valence-corrected chi connectivity index (χ0v) is 16.5. The van der Waals surface area contributed by atoms with E-state index in [1.807, 2.05) is 51.1 Å². The molecule has 3 rings (SSSR count). The van der Waals surface area contributed by atoms with E-state index in [0.29, 0.717) is 27.4 Å². The lowest BCUT2D eigenvalue weighted by molar-refractivity contribution is 0.399. The average molecular weight is 426 g/mol. The van der Waals surface area contributed by atoms with Crippen molar-refractivity contribution in [1.82, 2.24) is 10.2 Å². The molecule has 24 heavy (non-hydrogen) atoms. The fourth-order valence-electron chi connectivity index (χ4n) is 2.23. The van der Waals surface area contributed by atoms with Crippen LogP contribution >= 0.6 is 39.1 Å². The molecule has 124 valence electrons. The number of hydrogen-bond donors (Lipinski definition) is 0. The van der Waals surface area contributed by atoms with Gasteiger partial charge in [-0.3, -0.25) is 0 Å². The van der Waals surface area contributed by atoms with Gasteiger partial charge in [-0.05, 0) is 23.8 Å². The van der Waals surface area contributed by atoms with Gasteiger partial charge in [-0.15, -0.1) is 10.2 Å². The number of rotatable bonds is 2. The van der Waals surface area contributed by atoms with Gasteiger partial charge < -0.3 is 4.42 Å². The second-order valence-electron chi connectivity index (χ2n) is 6.45. The molecule has 0 N–H and O–H groups in total. The maximum absolute atomic E-state index is 6.62. The van der Waals surface area contributed by atoms with Crippen LogP contribution in [0.15, 0.2) is 45.3 Å². The fourth-order valence-corrected chi connectivity index (χ4v) is 3.13. The third-order valence-corrected chi connectivity index (χ3v) is 4.76. The van der Waals surface area contributed by atoms with Crippen LogP contribution in [0.5, 0.6) is 0 Å². The van der Waals surface area contributed by atoms with Crippen molar-refractivity contribution in [3.05, 3.63) is 56.8 Å². The molecule has 0 aliphatic rings. The van der Waals surface area contributed by atoms with Crippen LogP contribution < -0.4 is 0 Å². The third kappa shape index (κ3) is 3.37. The maximum atomic E-state index is 6.62. The minimum atomic E-state index is -0.243. The minimum absolute atomic E-state index is 0.243. The Morgan fingerprint density at radius 2 is 1.62 bits per heavy atom. The largest absolute Gasteiger partial charge is 0.420 e. The van der Waals surface area contributed by atoms with E-state index in [1.54, 1.807) is 6.07 Å². The first-order chi connectivity index (χ1) is 11.3. The molecule has 0 unspecified atom stereocenters. The zero-order chi connectivity index (χ0) is 17.5. The summed E-state index contributed by atoms with van der Waals surface area (Å²) in [4.78, 5) is 0. The lowest BCUT2D eigenvalue weighted by Gasteiger charge is -2.12. The monoisotopic (exact) mass is 424 g/mol. The molecule has 1 heterocycles. The molecule has 6 heteroatoms. The van der Waals surface area contributed by atoms with Crippen molar-refractivity contribution in [3.8, 4) is 22.6 Å². The van der Waals surface area contributed by atoms with E-state index in [2.05, 4.69) is 26.1 Å². The van der Waals surface area contributed by atoms with Crippen LogP contribution in [0, 0.1) is 0 Å². The molecule has 2 aromatic carbocycles. The zero-order valence-electron chi connectivity index (χ0n) is 13.4. The standard InChI is InChI=1S/C18H15BrCl2N2O/c1-18(2,3)17-23-22-16(24-17)14-13(20)9-8-12(15(14)21)10-4-6-11(19)7-5-10/h4-9H,1-3H3. The van der Waals surface area contributed by atoms with E-state index < -0.39 is 0 Å². The highest BCUT2D eigenvalue weighted by Crippen LogP contribution is 2.41. The molecule has 0 amide bonds. The maximum Gasteiger partial charge on any atom is 0.250 e. The summed E-state index contributed by atoms with van der Waals surface area (Å²) < 4.78 is 6.81. The quantitative estimate of drug-likeness (QED) is 0.454. The van der Waals surface area contributed by atoms with Crippen molar-refractivity contribution < 1.29 is 4.42 Å². The normalized spacial score (nSPS) is 11.8. The number of aromatic nitrogens is 2. The number of hydrogen-bond acceptors (Lipinski definition) is 3. The molecule has 0 aliphatic carbocycles. The van der Waals surface area contributed by atoms with E-state index in [9.17, 15) is 0 Å². The third-order valence-electron chi connectivity index (χ3n) is 3.53. The van der Waals surface area contributed by atoms with Crippen LogP contribution in [0.25, 0.3) is 22.6 Å². The smallest absolute Gasteiger partial charge is 0.250 e. The van der Waals surface area contributed by atoms with Gasteiger partial charge in [0.15, 0.2) is 0 Å². The first-order valence-electron chi connectivity index (χ1n) is 7.35. The van der Waals surface area contributed by atoms with Gasteiger partial charge >= 0.3 is 0 Å². The van der Waals surface area contributed by atoms with Crippen molar-refractivity contribution in [2.24, 2.45) is 0 Å². The summed E-state index contributed by atoms with van der Waals surface area (Å²) in [5.74, 6) is 0.868. The predicted octanol–water partition coefficient (Wildman–Crippen LogP) is 6.77. The van der Waals surface area contributed by atoms with Crippen molar-refractivity contribution in [2.45, 2.75) is 26.2 Å².